The van der Waals surface area contributed by atoms with Crippen molar-refractivity contribution >= 4 is 11.9 Å². The van der Waals surface area contributed by atoms with E-state index in [1.54, 1.807) is 12.2 Å². The third-order valence-electron chi connectivity index (χ3n) is 4.36. The number of carbonyl (C=O) groups is 2. The van der Waals surface area contributed by atoms with Crippen LogP contribution >= 0.6 is 0 Å². The molecule has 0 aromatic rings. The fourth-order valence-corrected chi connectivity index (χ4v) is 2.81. The summed E-state index contributed by atoms with van der Waals surface area (Å²) in [6, 6.07) is 0. The highest BCUT2D eigenvalue weighted by Gasteiger charge is 2.22. The summed E-state index contributed by atoms with van der Waals surface area (Å²) in [7, 11) is 0. The van der Waals surface area contributed by atoms with Crippen LogP contribution in [0.25, 0.3) is 0 Å². The predicted octanol–water partition coefficient (Wildman–Crippen LogP) is 5.00. The maximum atomic E-state index is 12.0. The van der Waals surface area contributed by atoms with Gasteiger partial charge in [0.05, 0.1) is 19.1 Å². The maximum Gasteiger partial charge on any atom is 0.330 e. The van der Waals surface area contributed by atoms with Crippen LogP contribution in [0.4, 0.5) is 0 Å². The van der Waals surface area contributed by atoms with Crippen molar-refractivity contribution in [2.75, 3.05) is 13.2 Å². The average Bonchev–Trinajstić information content (AvgIpc) is 2.68. The lowest BCUT2D eigenvalue weighted by molar-refractivity contribution is -0.144. The van der Waals surface area contributed by atoms with Crippen molar-refractivity contribution in [2.24, 2.45) is 5.92 Å². The first kappa shape index (κ1) is 22.7. The SMILES string of the molecule is C=CC(=O)OCCCCCCOC(=C)/C=C\C(=C)OC(=O)C1CCCCC1. The van der Waals surface area contributed by atoms with Crippen LogP contribution in [-0.2, 0) is 23.8 Å². The summed E-state index contributed by atoms with van der Waals surface area (Å²) < 4.78 is 15.7. The van der Waals surface area contributed by atoms with Crippen LogP contribution in [0.2, 0.25) is 0 Å². The lowest BCUT2D eigenvalue weighted by Crippen LogP contribution is -2.19. The molecule has 5 heteroatoms. The Morgan fingerprint density at radius 1 is 0.852 bits per heavy atom. The second-order valence-corrected chi connectivity index (χ2v) is 6.66. The Morgan fingerprint density at radius 2 is 1.44 bits per heavy atom. The molecule has 0 heterocycles. The summed E-state index contributed by atoms with van der Waals surface area (Å²) in [5.74, 6) is 0.250. The number of esters is 2. The first-order chi connectivity index (χ1) is 13.0. The Kier molecular flexibility index (Phi) is 11.7. The Balaban J connectivity index is 2.06. The smallest absolute Gasteiger partial charge is 0.330 e. The molecular formula is C22H32O5. The van der Waals surface area contributed by atoms with Crippen molar-refractivity contribution < 1.29 is 23.8 Å². The summed E-state index contributed by atoms with van der Waals surface area (Å²) in [4.78, 5) is 22.9. The van der Waals surface area contributed by atoms with Crippen molar-refractivity contribution in [1.29, 1.82) is 0 Å². The summed E-state index contributed by atoms with van der Waals surface area (Å²) in [5, 5.41) is 0. The zero-order chi connectivity index (χ0) is 19.9. The zero-order valence-electron chi connectivity index (χ0n) is 16.3. The van der Waals surface area contributed by atoms with Crippen molar-refractivity contribution in [3.8, 4) is 0 Å². The van der Waals surface area contributed by atoms with E-state index in [1.807, 2.05) is 0 Å². The molecule has 150 valence electrons. The molecule has 0 aromatic carbocycles. The molecule has 0 aromatic heterocycles. The van der Waals surface area contributed by atoms with E-state index in [0.29, 0.717) is 24.7 Å². The van der Waals surface area contributed by atoms with Crippen LogP contribution in [0.15, 0.2) is 49.5 Å². The molecule has 0 aliphatic heterocycles. The van der Waals surface area contributed by atoms with E-state index >= 15 is 0 Å². The van der Waals surface area contributed by atoms with E-state index < -0.39 is 0 Å². The number of hydrogen-bond acceptors (Lipinski definition) is 5. The predicted molar refractivity (Wildman–Crippen MR) is 106 cm³/mol. The molecule has 0 unspecified atom stereocenters. The van der Waals surface area contributed by atoms with Gasteiger partial charge in [0.2, 0.25) is 0 Å². The number of unbranched alkanes of at least 4 members (excludes halogenated alkanes) is 3. The van der Waals surface area contributed by atoms with E-state index in [-0.39, 0.29) is 17.9 Å². The van der Waals surface area contributed by atoms with Gasteiger partial charge in [0.25, 0.3) is 0 Å². The van der Waals surface area contributed by atoms with Crippen LogP contribution in [0, 0.1) is 5.92 Å². The molecule has 0 radical (unpaired) electrons. The van der Waals surface area contributed by atoms with E-state index in [2.05, 4.69) is 19.7 Å². The first-order valence-electron chi connectivity index (χ1n) is 9.72. The van der Waals surface area contributed by atoms with Gasteiger partial charge >= 0.3 is 11.9 Å². The number of hydrogen-bond donors (Lipinski definition) is 0. The third-order valence-corrected chi connectivity index (χ3v) is 4.36. The van der Waals surface area contributed by atoms with Gasteiger partial charge in [-0.05, 0) is 50.7 Å². The van der Waals surface area contributed by atoms with Crippen LogP contribution in [0.1, 0.15) is 57.8 Å². The zero-order valence-corrected chi connectivity index (χ0v) is 16.3. The van der Waals surface area contributed by atoms with Crippen molar-refractivity contribution in [3.63, 3.8) is 0 Å². The van der Waals surface area contributed by atoms with E-state index in [4.69, 9.17) is 14.2 Å². The maximum absolute atomic E-state index is 12.0. The lowest BCUT2D eigenvalue weighted by atomic mass is 9.89. The largest absolute Gasteiger partial charge is 0.494 e. The quantitative estimate of drug-likeness (QED) is 0.149. The summed E-state index contributed by atoms with van der Waals surface area (Å²) in [6.07, 6.45) is 13.3. The molecule has 0 bridgehead atoms. The fraction of sp³-hybridized carbons (Fsp3) is 0.545. The van der Waals surface area contributed by atoms with Gasteiger partial charge in [-0.3, -0.25) is 4.79 Å². The van der Waals surface area contributed by atoms with E-state index in [9.17, 15) is 9.59 Å². The van der Waals surface area contributed by atoms with E-state index in [1.165, 1.54) is 12.5 Å². The van der Waals surface area contributed by atoms with Crippen molar-refractivity contribution in [1.82, 2.24) is 0 Å². The Bertz CT molecular complexity index is 541. The van der Waals surface area contributed by atoms with Gasteiger partial charge in [-0.2, -0.15) is 0 Å². The summed E-state index contributed by atoms with van der Waals surface area (Å²) in [6.45, 7) is 11.9. The molecular weight excluding hydrogens is 344 g/mol. The minimum Gasteiger partial charge on any atom is -0.494 e. The molecule has 0 N–H and O–H groups in total. The van der Waals surface area contributed by atoms with Gasteiger partial charge in [0, 0.05) is 6.08 Å². The Morgan fingerprint density at radius 3 is 2.07 bits per heavy atom. The lowest BCUT2D eigenvalue weighted by Gasteiger charge is -2.19. The highest BCUT2D eigenvalue weighted by atomic mass is 16.5. The molecule has 1 saturated carbocycles. The Hall–Kier alpha value is -2.30. The molecule has 27 heavy (non-hydrogen) atoms. The average molecular weight is 376 g/mol. The normalized spacial score (nSPS) is 14.5. The van der Waals surface area contributed by atoms with Crippen LogP contribution in [-0.4, -0.2) is 25.2 Å². The van der Waals surface area contributed by atoms with Gasteiger partial charge in [-0.1, -0.05) is 39.0 Å². The number of allylic oxidation sites excluding steroid dienone is 2. The van der Waals surface area contributed by atoms with Crippen molar-refractivity contribution in [3.05, 3.63) is 49.5 Å². The van der Waals surface area contributed by atoms with E-state index in [0.717, 1.165) is 51.4 Å². The van der Waals surface area contributed by atoms with Gasteiger partial charge in [-0.25, -0.2) is 4.79 Å². The van der Waals surface area contributed by atoms with Crippen molar-refractivity contribution in [2.45, 2.75) is 57.8 Å². The number of carbonyl (C=O) groups excluding carboxylic acids is 2. The number of rotatable bonds is 13. The third kappa shape index (κ3) is 11.1. The summed E-state index contributed by atoms with van der Waals surface area (Å²) >= 11 is 0. The minimum atomic E-state index is -0.382. The second kappa shape index (κ2) is 13.8. The summed E-state index contributed by atoms with van der Waals surface area (Å²) in [5.41, 5.74) is 0. The molecule has 0 amide bonds. The van der Waals surface area contributed by atoms with Gasteiger partial charge in [0.1, 0.15) is 11.5 Å². The highest BCUT2D eigenvalue weighted by Crippen LogP contribution is 2.25. The van der Waals surface area contributed by atoms with Crippen LogP contribution < -0.4 is 0 Å². The van der Waals surface area contributed by atoms with Crippen LogP contribution in [0.5, 0.6) is 0 Å². The second-order valence-electron chi connectivity index (χ2n) is 6.66. The molecule has 1 rings (SSSR count). The minimum absolute atomic E-state index is 0.00337. The molecule has 5 nitrogen and oxygen atoms in total. The molecule has 0 atom stereocenters. The topological polar surface area (TPSA) is 61.8 Å². The van der Waals surface area contributed by atoms with Gasteiger partial charge < -0.3 is 14.2 Å². The standard InChI is InChI=1S/C22H32O5/c1-4-21(23)26-17-11-6-5-10-16-25-18(2)14-15-19(3)27-22(24)20-12-8-7-9-13-20/h4,14-15,20H,1-3,5-13,16-17H2/b15-14-. The number of ether oxygens (including phenoxy) is 3. The molecule has 1 fully saturated rings. The van der Waals surface area contributed by atoms with Gasteiger partial charge in [0.15, 0.2) is 0 Å². The van der Waals surface area contributed by atoms with Crippen LogP contribution in [0.3, 0.4) is 0 Å². The highest BCUT2D eigenvalue weighted by molar-refractivity contribution is 5.81. The molecule has 0 spiro atoms. The molecule has 0 saturated heterocycles. The fourth-order valence-electron chi connectivity index (χ4n) is 2.81. The molecule has 1 aliphatic carbocycles. The van der Waals surface area contributed by atoms with Gasteiger partial charge in [-0.15, -0.1) is 0 Å². The first-order valence-corrected chi connectivity index (χ1v) is 9.72. The monoisotopic (exact) mass is 376 g/mol. The Labute approximate surface area is 162 Å². The molecule has 1 aliphatic rings.